The molecule has 0 aliphatic carbocycles. The molecule has 0 atom stereocenters. The van der Waals surface area contributed by atoms with Crippen molar-refractivity contribution in [1.82, 2.24) is 9.78 Å². The molecule has 4 rings (SSSR count). The Labute approximate surface area is 189 Å². The van der Waals surface area contributed by atoms with E-state index in [-0.39, 0.29) is 17.2 Å². The molecule has 0 bridgehead atoms. The molecule has 0 saturated heterocycles. The molecule has 5 nitrogen and oxygen atoms in total. The topological polar surface area (TPSA) is 53.4 Å². The van der Waals surface area contributed by atoms with Crippen LogP contribution in [0.1, 0.15) is 5.56 Å². The van der Waals surface area contributed by atoms with Crippen LogP contribution in [-0.4, -0.2) is 16.4 Å². The molecule has 1 aromatic heterocycles. The lowest BCUT2D eigenvalue weighted by Crippen LogP contribution is -2.23. The van der Waals surface area contributed by atoms with Gasteiger partial charge in [0.1, 0.15) is 11.4 Å². The van der Waals surface area contributed by atoms with E-state index in [1.807, 2.05) is 48.5 Å². The van der Waals surface area contributed by atoms with E-state index in [4.69, 9.17) is 32.7 Å². The predicted octanol–water partition coefficient (Wildman–Crippen LogP) is 5.95. The number of para-hydroxylation sites is 2. The first-order valence-corrected chi connectivity index (χ1v) is 10.4. The molecule has 3 aromatic carbocycles. The molecule has 156 valence electrons. The van der Waals surface area contributed by atoms with E-state index in [1.54, 1.807) is 30.3 Å². The smallest absolute Gasteiger partial charge is 0.318 e. The van der Waals surface area contributed by atoms with Crippen LogP contribution in [0.5, 0.6) is 17.2 Å². The van der Waals surface area contributed by atoms with Gasteiger partial charge in [-0.1, -0.05) is 77.8 Å². The molecule has 0 N–H and O–H groups in total. The van der Waals surface area contributed by atoms with E-state index in [1.165, 1.54) is 6.20 Å². The monoisotopic (exact) mass is 452 g/mol. The van der Waals surface area contributed by atoms with Crippen LogP contribution >= 0.6 is 23.2 Å². The maximum Gasteiger partial charge on any atom is 0.318 e. The summed E-state index contributed by atoms with van der Waals surface area (Å²) in [6, 6.07) is 23.9. The molecule has 0 unspecified atom stereocenters. The van der Waals surface area contributed by atoms with Crippen LogP contribution in [-0.2, 0) is 6.42 Å². The Kier molecular flexibility index (Phi) is 6.55. The highest BCUT2D eigenvalue weighted by atomic mass is 35.5. The summed E-state index contributed by atoms with van der Waals surface area (Å²) in [5.41, 5.74) is 0.873. The molecule has 7 heteroatoms. The molecule has 0 saturated carbocycles. The summed E-state index contributed by atoms with van der Waals surface area (Å²) in [5, 5.41) is 4.82. The average molecular weight is 453 g/mol. The summed E-state index contributed by atoms with van der Waals surface area (Å²) < 4.78 is 12.9. The fourth-order valence-electron chi connectivity index (χ4n) is 3.00. The Morgan fingerprint density at radius 2 is 1.48 bits per heavy atom. The zero-order chi connectivity index (χ0) is 21.6. The van der Waals surface area contributed by atoms with Gasteiger partial charge in [0.15, 0.2) is 5.75 Å². The van der Waals surface area contributed by atoms with E-state index in [0.717, 1.165) is 10.2 Å². The minimum absolute atomic E-state index is 0.00486. The molecule has 31 heavy (non-hydrogen) atoms. The van der Waals surface area contributed by atoms with E-state index in [9.17, 15) is 4.79 Å². The van der Waals surface area contributed by atoms with E-state index in [0.29, 0.717) is 28.8 Å². The molecule has 1 heterocycles. The lowest BCUT2D eigenvalue weighted by molar-refractivity contribution is 0.300. The largest absolute Gasteiger partial charge is 0.488 e. The number of nitrogens with zero attached hydrogens (tertiary/aromatic N) is 2. The summed E-state index contributed by atoms with van der Waals surface area (Å²) in [6.45, 7) is 0.354. The van der Waals surface area contributed by atoms with Crippen molar-refractivity contribution < 1.29 is 9.47 Å². The van der Waals surface area contributed by atoms with Crippen molar-refractivity contribution in [2.45, 2.75) is 6.42 Å². The highest BCUT2D eigenvalue weighted by Crippen LogP contribution is 2.31. The fourth-order valence-corrected chi connectivity index (χ4v) is 3.56. The predicted molar refractivity (Wildman–Crippen MR) is 122 cm³/mol. The number of hydrogen-bond acceptors (Lipinski definition) is 4. The van der Waals surface area contributed by atoms with Crippen molar-refractivity contribution >= 4 is 23.2 Å². The molecule has 0 amide bonds. The minimum Gasteiger partial charge on any atom is -0.488 e. The lowest BCUT2D eigenvalue weighted by atomic mass is 10.2. The van der Waals surface area contributed by atoms with Crippen LogP contribution in [0.2, 0.25) is 10.0 Å². The zero-order valence-electron chi connectivity index (χ0n) is 16.4. The number of halogens is 2. The SMILES string of the molecule is O=c1c(Oc2ccccc2)c(OCCc2ccccc2)cnn1-c1c(Cl)cccc1Cl. The molecule has 0 aliphatic rings. The molecular weight excluding hydrogens is 435 g/mol. The third-order valence-electron chi connectivity index (χ3n) is 4.50. The highest BCUT2D eigenvalue weighted by Gasteiger charge is 2.19. The van der Waals surface area contributed by atoms with Gasteiger partial charge in [-0.05, 0) is 29.8 Å². The number of aromatic nitrogens is 2. The first kappa shape index (κ1) is 21.0. The minimum atomic E-state index is -0.531. The highest BCUT2D eigenvalue weighted by molar-refractivity contribution is 6.37. The number of rotatable bonds is 7. The summed E-state index contributed by atoms with van der Waals surface area (Å²) in [7, 11) is 0. The Bertz CT molecular complexity index is 1210. The molecule has 0 fully saturated rings. The van der Waals surface area contributed by atoms with Gasteiger partial charge < -0.3 is 9.47 Å². The first-order valence-electron chi connectivity index (χ1n) is 9.60. The van der Waals surface area contributed by atoms with Crippen molar-refractivity contribution in [2.24, 2.45) is 0 Å². The van der Waals surface area contributed by atoms with Gasteiger partial charge in [0.25, 0.3) is 0 Å². The van der Waals surface area contributed by atoms with Crippen LogP contribution in [0, 0.1) is 0 Å². The van der Waals surface area contributed by atoms with Gasteiger partial charge in [-0.2, -0.15) is 9.78 Å². The first-order chi connectivity index (χ1) is 15.1. The summed E-state index contributed by atoms with van der Waals surface area (Å²) in [4.78, 5) is 13.3. The van der Waals surface area contributed by atoms with Crippen molar-refractivity contribution in [2.75, 3.05) is 6.61 Å². The normalized spacial score (nSPS) is 10.6. The number of benzene rings is 3. The van der Waals surface area contributed by atoms with Crippen molar-refractivity contribution in [3.8, 4) is 22.9 Å². The van der Waals surface area contributed by atoms with Crippen molar-refractivity contribution in [3.63, 3.8) is 0 Å². The summed E-state index contributed by atoms with van der Waals surface area (Å²) in [5.74, 6) is 0.741. The average Bonchev–Trinajstić information content (AvgIpc) is 2.78. The van der Waals surface area contributed by atoms with Crippen molar-refractivity contribution in [3.05, 3.63) is 111 Å². The fraction of sp³-hybridized carbons (Fsp3) is 0.0833. The lowest BCUT2D eigenvalue weighted by Gasteiger charge is -2.15. The summed E-state index contributed by atoms with van der Waals surface area (Å²) in [6.07, 6.45) is 2.11. The van der Waals surface area contributed by atoms with Gasteiger partial charge in [0, 0.05) is 6.42 Å². The number of ether oxygens (including phenoxy) is 2. The Balaban J connectivity index is 1.70. The van der Waals surface area contributed by atoms with Gasteiger partial charge >= 0.3 is 5.56 Å². The van der Waals surface area contributed by atoms with Crippen LogP contribution in [0.15, 0.2) is 89.9 Å². The second kappa shape index (κ2) is 9.69. The molecule has 0 radical (unpaired) electrons. The maximum absolute atomic E-state index is 13.3. The van der Waals surface area contributed by atoms with E-state index >= 15 is 0 Å². The third kappa shape index (κ3) is 4.90. The second-order valence-corrected chi connectivity index (χ2v) is 7.44. The molecular formula is C24H18Cl2N2O3. The van der Waals surface area contributed by atoms with Gasteiger partial charge in [-0.3, -0.25) is 4.79 Å². The second-order valence-electron chi connectivity index (χ2n) is 6.62. The zero-order valence-corrected chi connectivity index (χ0v) is 17.9. The maximum atomic E-state index is 13.3. The van der Waals surface area contributed by atoms with Gasteiger partial charge in [0.05, 0.1) is 22.8 Å². The number of hydrogen-bond donors (Lipinski definition) is 0. The van der Waals surface area contributed by atoms with Crippen LogP contribution < -0.4 is 15.0 Å². The molecule has 0 aliphatic heterocycles. The quantitative estimate of drug-likeness (QED) is 0.347. The van der Waals surface area contributed by atoms with Gasteiger partial charge in [-0.25, -0.2) is 0 Å². The standard InChI is InChI=1S/C24H18Cl2N2O3/c25-19-12-7-13-20(26)22(19)28-24(29)23(31-18-10-5-2-6-11-18)21(16-27-28)30-15-14-17-8-3-1-4-9-17/h1-13,16H,14-15H2. The Morgan fingerprint density at radius 1 is 0.839 bits per heavy atom. The van der Waals surface area contributed by atoms with Gasteiger partial charge in [0.2, 0.25) is 5.75 Å². The Hall–Kier alpha value is -3.28. The van der Waals surface area contributed by atoms with Gasteiger partial charge in [-0.15, -0.1) is 0 Å². The summed E-state index contributed by atoms with van der Waals surface area (Å²) >= 11 is 12.6. The van der Waals surface area contributed by atoms with Crippen molar-refractivity contribution in [1.29, 1.82) is 0 Å². The Morgan fingerprint density at radius 3 is 2.16 bits per heavy atom. The van der Waals surface area contributed by atoms with Crippen LogP contribution in [0.3, 0.4) is 0 Å². The van der Waals surface area contributed by atoms with Crippen LogP contribution in [0.4, 0.5) is 0 Å². The van der Waals surface area contributed by atoms with E-state index in [2.05, 4.69) is 5.10 Å². The molecule has 4 aromatic rings. The van der Waals surface area contributed by atoms with E-state index < -0.39 is 5.56 Å². The molecule has 0 spiro atoms. The third-order valence-corrected chi connectivity index (χ3v) is 5.11. The van der Waals surface area contributed by atoms with Crippen LogP contribution in [0.25, 0.3) is 5.69 Å².